The highest BCUT2D eigenvalue weighted by Crippen LogP contribution is 2.34. The zero-order valence-electron chi connectivity index (χ0n) is 15.3. The summed E-state index contributed by atoms with van der Waals surface area (Å²) in [6.07, 6.45) is 0. The van der Waals surface area contributed by atoms with E-state index in [9.17, 15) is 8.42 Å². The number of benzene rings is 3. The van der Waals surface area contributed by atoms with Gasteiger partial charge in [0, 0.05) is 9.50 Å². The summed E-state index contributed by atoms with van der Waals surface area (Å²) >= 11 is 9.34. The van der Waals surface area contributed by atoms with Crippen LogP contribution >= 0.6 is 27.5 Å². The van der Waals surface area contributed by atoms with Crippen LogP contribution in [0.5, 0.6) is 5.75 Å². The van der Waals surface area contributed by atoms with E-state index in [0.717, 1.165) is 10.0 Å². The summed E-state index contributed by atoms with van der Waals surface area (Å²) in [5, 5.41) is 0.484. The van der Waals surface area contributed by atoms with Gasteiger partial charge < -0.3 is 4.74 Å². The Hall–Kier alpha value is -2.02. The second-order valence-electron chi connectivity index (χ2n) is 6.18. The molecule has 0 N–H and O–H groups in total. The highest BCUT2D eigenvalue weighted by atomic mass is 79.9. The van der Waals surface area contributed by atoms with Crippen molar-refractivity contribution in [3.05, 3.63) is 87.9 Å². The van der Waals surface area contributed by atoms with Crippen LogP contribution in [0.2, 0.25) is 5.02 Å². The van der Waals surface area contributed by atoms with E-state index in [4.69, 9.17) is 16.3 Å². The first-order valence-electron chi connectivity index (χ1n) is 8.52. The molecule has 0 aliphatic carbocycles. The molecule has 146 valence electrons. The van der Waals surface area contributed by atoms with E-state index in [0.29, 0.717) is 16.5 Å². The van der Waals surface area contributed by atoms with E-state index in [-0.39, 0.29) is 4.90 Å². The van der Waals surface area contributed by atoms with Gasteiger partial charge in [0.1, 0.15) is 5.75 Å². The van der Waals surface area contributed by atoms with Gasteiger partial charge in [0.05, 0.1) is 23.7 Å². The van der Waals surface area contributed by atoms with Gasteiger partial charge in [-0.25, -0.2) is 8.42 Å². The van der Waals surface area contributed by atoms with Crippen LogP contribution in [0.3, 0.4) is 0 Å². The average Bonchev–Trinajstić information content (AvgIpc) is 2.70. The summed E-state index contributed by atoms with van der Waals surface area (Å²) in [7, 11) is -2.22. The Morgan fingerprint density at radius 3 is 2.04 bits per heavy atom. The Morgan fingerprint density at radius 1 is 0.929 bits per heavy atom. The minimum Gasteiger partial charge on any atom is -0.497 e. The fourth-order valence-corrected chi connectivity index (χ4v) is 4.93. The molecule has 7 heteroatoms. The molecule has 0 saturated carbocycles. The number of hydrogen-bond acceptors (Lipinski definition) is 3. The normalized spacial score (nSPS) is 12.4. The van der Waals surface area contributed by atoms with E-state index in [1.54, 1.807) is 31.4 Å². The van der Waals surface area contributed by atoms with E-state index in [1.807, 2.05) is 43.3 Å². The van der Waals surface area contributed by atoms with Crippen molar-refractivity contribution in [2.75, 3.05) is 11.4 Å². The van der Waals surface area contributed by atoms with Gasteiger partial charge in [-0.3, -0.25) is 4.31 Å². The van der Waals surface area contributed by atoms with Gasteiger partial charge in [-0.15, -0.1) is 0 Å². The summed E-state index contributed by atoms with van der Waals surface area (Å²) in [6, 6.07) is 20.3. The van der Waals surface area contributed by atoms with Gasteiger partial charge in [0.25, 0.3) is 10.0 Å². The Morgan fingerprint density at radius 2 is 1.50 bits per heavy atom. The monoisotopic (exact) mass is 479 g/mol. The molecule has 1 atom stereocenters. The first-order chi connectivity index (χ1) is 13.3. The molecule has 3 rings (SSSR count). The quantitative estimate of drug-likeness (QED) is 0.430. The second kappa shape index (κ2) is 8.55. The lowest BCUT2D eigenvalue weighted by Crippen LogP contribution is -2.33. The minimum absolute atomic E-state index is 0.181. The molecule has 3 aromatic rings. The molecular weight excluding hydrogens is 462 g/mol. The molecular formula is C21H19BrClNO3S. The maximum absolute atomic E-state index is 13.5. The molecule has 0 fully saturated rings. The molecule has 0 heterocycles. The number of sulfonamides is 1. The molecule has 0 aromatic heterocycles. The summed E-state index contributed by atoms with van der Waals surface area (Å²) in [5.41, 5.74) is 1.42. The molecule has 0 aliphatic heterocycles. The van der Waals surface area contributed by atoms with Crippen molar-refractivity contribution in [1.82, 2.24) is 0 Å². The van der Waals surface area contributed by atoms with Crippen LogP contribution in [-0.2, 0) is 10.0 Å². The van der Waals surface area contributed by atoms with Crippen molar-refractivity contribution in [3.63, 3.8) is 0 Å². The lowest BCUT2D eigenvalue weighted by molar-refractivity contribution is 0.414. The van der Waals surface area contributed by atoms with Crippen molar-refractivity contribution in [2.45, 2.75) is 17.9 Å². The largest absolute Gasteiger partial charge is 0.497 e. The van der Waals surface area contributed by atoms with E-state index >= 15 is 0 Å². The molecule has 4 nitrogen and oxygen atoms in total. The molecule has 0 bridgehead atoms. The first kappa shape index (κ1) is 20.7. The van der Waals surface area contributed by atoms with Crippen LogP contribution < -0.4 is 9.04 Å². The third kappa shape index (κ3) is 4.35. The Labute approximate surface area is 178 Å². The Balaban J connectivity index is 2.11. The smallest absolute Gasteiger partial charge is 0.264 e. The van der Waals surface area contributed by atoms with Crippen molar-refractivity contribution < 1.29 is 13.2 Å². The SMILES string of the molecule is COc1ccc(C(C)N(c2ccc(Br)cc2)S(=O)(=O)c2ccc(Cl)cc2)cc1. The lowest BCUT2D eigenvalue weighted by Gasteiger charge is -2.31. The van der Waals surface area contributed by atoms with Gasteiger partial charge >= 0.3 is 0 Å². The summed E-state index contributed by atoms with van der Waals surface area (Å²) in [4.78, 5) is 0.181. The molecule has 0 amide bonds. The number of methoxy groups -OCH3 is 1. The second-order valence-corrected chi connectivity index (χ2v) is 9.35. The standard InChI is InChI=1S/C21H19BrClNO3S/c1-15(16-3-11-20(27-2)12-4-16)24(19-9-5-17(22)6-10-19)28(25,26)21-13-7-18(23)8-14-21/h3-15H,1-2H3. The van der Waals surface area contributed by atoms with Crippen molar-refractivity contribution in [1.29, 1.82) is 0 Å². The lowest BCUT2D eigenvalue weighted by atomic mass is 10.1. The molecule has 0 radical (unpaired) electrons. The minimum atomic E-state index is -3.82. The molecule has 3 aromatic carbocycles. The predicted molar refractivity (Wildman–Crippen MR) is 117 cm³/mol. The third-order valence-electron chi connectivity index (χ3n) is 4.40. The van der Waals surface area contributed by atoms with E-state index in [2.05, 4.69) is 15.9 Å². The van der Waals surface area contributed by atoms with Crippen LogP contribution in [-0.4, -0.2) is 15.5 Å². The van der Waals surface area contributed by atoms with Crippen molar-refractivity contribution in [2.24, 2.45) is 0 Å². The van der Waals surface area contributed by atoms with Crippen LogP contribution in [0.25, 0.3) is 0 Å². The highest BCUT2D eigenvalue weighted by Gasteiger charge is 2.30. The number of anilines is 1. The van der Waals surface area contributed by atoms with Crippen LogP contribution in [0, 0.1) is 0 Å². The molecule has 0 saturated heterocycles. The summed E-state index contributed by atoms with van der Waals surface area (Å²) in [6.45, 7) is 1.86. The molecule has 0 spiro atoms. The van der Waals surface area contributed by atoms with E-state index in [1.165, 1.54) is 16.4 Å². The molecule has 1 unspecified atom stereocenters. The summed E-state index contributed by atoms with van der Waals surface area (Å²) < 4.78 is 34.5. The number of hydrogen-bond donors (Lipinski definition) is 0. The van der Waals surface area contributed by atoms with Crippen LogP contribution in [0.15, 0.2) is 82.2 Å². The number of ether oxygens (including phenoxy) is 1. The fourth-order valence-electron chi connectivity index (χ4n) is 2.90. The zero-order valence-corrected chi connectivity index (χ0v) is 18.5. The highest BCUT2D eigenvalue weighted by molar-refractivity contribution is 9.10. The maximum atomic E-state index is 13.5. The van der Waals surface area contributed by atoms with Gasteiger partial charge in [-0.05, 0) is 73.2 Å². The Kier molecular flexibility index (Phi) is 6.33. The summed E-state index contributed by atoms with van der Waals surface area (Å²) in [5.74, 6) is 0.715. The fraction of sp³-hybridized carbons (Fsp3) is 0.143. The Bertz CT molecular complexity index is 1040. The number of rotatable bonds is 6. The van der Waals surface area contributed by atoms with E-state index < -0.39 is 16.1 Å². The predicted octanol–water partition coefficient (Wildman–Crippen LogP) is 6.07. The first-order valence-corrected chi connectivity index (χ1v) is 11.1. The van der Waals surface area contributed by atoms with Gasteiger partial charge in [-0.1, -0.05) is 39.7 Å². The van der Waals surface area contributed by atoms with Gasteiger partial charge in [-0.2, -0.15) is 0 Å². The van der Waals surface area contributed by atoms with Crippen LogP contribution in [0.4, 0.5) is 5.69 Å². The average molecular weight is 481 g/mol. The van der Waals surface area contributed by atoms with Crippen molar-refractivity contribution >= 4 is 43.2 Å². The van der Waals surface area contributed by atoms with Crippen LogP contribution in [0.1, 0.15) is 18.5 Å². The van der Waals surface area contributed by atoms with Crippen molar-refractivity contribution in [3.8, 4) is 5.75 Å². The number of halogens is 2. The molecule has 28 heavy (non-hydrogen) atoms. The third-order valence-corrected chi connectivity index (χ3v) is 7.09. The maximum Gasteiger partial charge on any atom is 0.264 e. The zero-order chi connectivity index (χ0) is 20.3. The topological polar surface area (TPSA) is 46.6 Å². The van der Waals surface area contributed by atoms with Gasteiger partial charge in [0.15, 0.2) is 0 Å². The van der Waals surface area contributed by atoms with Gasteiger partial charge in [0.2, 0.25) is 0 Å². The molecule has 0 aliphatic rings. The number of nitrogens with zero attached hydrogens (tertiary/aromatic N) is 1.